The maximum Gasteiger partial charge on any atom is 0.323 e. The summed E-state index contributed by atoms with van der Waals surface area (Å²) in [5, 5.41) is 13.0. The number of hydrogen-bond donors (Lipinski definition) is 2. The van der Waals surface area contributed by atoms with Crippen LogP contribution in [0.5, 0.6) is 0 Å². The van der Waals surface area contributed by atoms with Gasteiger partial charge in [0.25, 0.3) is 0 Å². The molecule has 0 saturated heterocycles. The van der Waals surface area contributed by atoms with E-state index in [-0.39, 0.29) is 5.54 Å². The predicted molar refractivity (Wildman–Crippen MR) is 76.3 cm³/mol. The molecule has 0 heterocycles. The van der Waals surface area contributed by atoms with Crippen LogP contribution in [0, 0.1) is 0 Å². The molecule has 0 aromatic carbocycles. The Kier molecular flexibility index (Phi) is 3.94. The summed E-state index contributed by atoms with van der Waals surface area (Å²) in [6, 6.07) is 0.816. The van der Waals surface area contributed by atoms with Crippen molar-refractivity contribution >= 4 is 5.97 Å². The Morgan fingerprint density at radius 3 is 2.53 bits per heavy atom. The van der Waals surface area contributed by atoms with Crippen LogP contribution in [0.15, 0.2) is 0 Å². The molecule has 2 saturated carbocycles. The van der Waals surface area contributed by atoms with Gasteiger partial charge < -0.3 is 5.11 Å². The highest BCUT2D eigenvalue weighted by Gasteiger charge is 2.50. The molecule has 2 atom stereocenters. The summed E-state index contributed by atoms with van der Waals surface area (Å²) in [5.74, 6) is -0.662. The predicted octanol–water partition coefficient (Wildman–Crippen LogP) is 2.23. The highest BCUT2D eigenvalue weighted by Crippen LogP contribution is 2.38. The lowest BCUT2D eigenvalue weighted by atomic mass is 9.94. The first-order chi connectivity index (χ1) is 8.81. The molecule has 2 aliphatic rings. The highest BCUT2D eigenvalue weighted by atomic mass is 16.4. The third-order valence-corrected chi connectivity index (χ3v) is 5.32. The summed E-state index contributed by atoms with van der Waals surface area (Å²) >= 11 is 0. The molecule has 0 bridgehead atoms. The second-order valence-corrected chi connectivity index (χ2v) is 6.98. The van der Waals surface area contributed by atoms with Gasteiger partial charge in [-0.2, -0.15) is 0 Å². The maximum absolute atomic E-state index is 11.7. The van der Waals surface area contributed by atoms with Crippen LogP contribution in [-0.2, 0) is 4.79 Å². The van der Waals surface area contributed by atoms with Crippen LogP contribution < -0.4 is 5.32 Å². The number of aliphatic carboxylic acids is 1. The fraction of sp³-hybridized carbons (Fsp3) is 0.933. The Hall–Kier alpha value is -0.610. The molecule has 2 rings (SSSR count). The summed E-state index contributed by atoms with van der Waals surface area (Å²) in [5.41, 5.74) is -0.539. The van der Waals surface area contributed by atoms with Gasteiger partial charge in [0, 0.05) is 17.6 Å². The lowest BCUT2D eigenvalue weighted by Gasteiger charge is -2.40. The van der Waals surface area contributed by atoms with E-state index in [4.69, 9.17) is 0 Å². The molecule has 2 fully saturated rings. The van der Waals surface area contributed by atoms with Crippen molar-refractivity contribution in [1.29, 1.82) is 0 Å². The summed E-state index contributed by atoms with van der Waals surface area (Å²) in [4.78, 5) is 14.1. The normalized spacial score (nSPS) is 31.9. The first kappa shape index (κ1) is 14.8. The van der Waals surface area contributed by atoms with E-state index in [0.29, 0.717) is 12.1 Å². The minimum absolute atomic E-state index is 0.138. The van der Waals surface area contributed by atoms with Crippen molar-refractivity contribution in [3.8, 4) is 0 Å². The maximum atomic E-state index is 11.7. The average molecular weight is 268 g/mol. The van der Waals surface area contributed by atoms with E-state index in [2.05, 4.69) is 38.0 Å². The number of nitrogens with one attached hydrogen (secondary N) is 1. The second kappa shape index (κ2) is 5.06. The lowest BCUT2D eigenvalue weighted by molar-refractivity contribution is -0.145. The molecule has 2 aliphatic carbocycles. The van der Waals surface area contributed by atoms with Crippen LogP contribution in [0.2, 0.25) is 0 Å². The molecule has 110 valence electrons. The van der Waals surface area contributed by atoms with Crippen molar-refractivity contribution < 1.29 is 9.90 Å². The Morgan fingerprint density at radius 1 is 1.42 bits per heavy atom. The number of hydrogen-bond acceptors (Lipinski definition) is 3. The molecule has 2 N–H and O–H groups in total. The number of carbonyl (C=O) groups is 1. The van der Waals surface area contributed by atoms with Crippen molar-refractivity contribution in [3.63, 3.8) is 0 Å². The quantitative estimate of drug-likeness (QED) is 0.775. The summed E-state index contributed by atoms with van der Waals surface area (Å²) in [7, 11) is 2.14. The molecular weight excluding hydrogens is 240 g/mol. The monoisotopic (exact) mass is 268 g/mol. The topological polar surface area (TPSA) is 52.6 Å². The third-order valence-electron chi connectivity index (χ3n) is 5.32. The van der Waals surface area contributed by atoms with E-state index in [0.717, 1.165) is 38.5 Å². The van der Waals surface area contributed by atoms with Crippen LogP contribution >= 0.6 is 0 Å². The minimum atomic E-state index is -0.677. The fourth-order valence-electron chi connectivity index (χ4n) is 3.10. The first-order valence-electron chi connectivity index (χ1n) is 7.55. The largest absolute Gasteiger partial charge is 0.480 e. The van der Waals surface area contributed by atoms with Crippen LogP contribution in [0.3, 0.4) is 0 Å². The van der Waals surface area contributed by atoms with Crippen LogP contribution in [-0.4, -0.2) is 46.2 Å². The van der Waals surface area contributed by atoms with E-state index < -0.39 is 11.5 Å². The van der Waals surface area contributed by atoms with Gasteiger partial charge >= 0.3 is 5.97 Å². The number of carboxylic acids is 1. The SMILES string of the molecule is CCC(C)(C)N(C)C1CCC(NC2CC2)(C(=O)O)C1. The van der Waals surface area contributed by atoms with Crippen molar-refractivity contribution in [2.24, 2.45) is 0 Å². The van der Waals surface area contributed by atoms with Crippen molar-refractivity contribution in [1.82, 2.24) is 10.2 Å². The molecule has 4 nitrogen and oxygen atoms in total. The zero-order valence-corrected chi connectivity index (χ0v) is 12.7. The molecule has 0 aromatic heterocycles. The number of nitrogens with zero attached hydrogens (tertiary/aromatic N) is 1. The van der Waals surface area contributed by atoms with Crippen molar-refractivity contribution in [2.45, 2.75) is 82.5 Å². The zero-order valence-electron chi connectivity index (χ0n) is 12.7. The Labute approximate surface area is 116 Å². The Bertz CT molecular complexity index is 352. The molecule has 0 spiro atoms. The van der Waals surface area contributed by atoms with Crippen molar-refractivity contribution in [2.75, 3.05) is 7.05 Å². The summed E-state index contributed by atoms with van der Waals surface area (Å²) in [6.45, 7) is 6.67. The van der Waals surface area contributed by atoms with E-state index in [1.807, 2.05) is 0 Å². The molecule has 4 heteroatoms. The molecule has 2 unspecified atom stereocenters. The van der Waals surface area contributed by atoms with Gasteiger partial charge in [-0.15, -0.1) is 0 Å². The van der Waals surface area contributed by atoms with Gasteiger partial charge in [0.1, 0.15) is 5.54 Å². The van der Waals surface area contributed by atoms with Gasteiger partial charge in [-0.3, -0.25) is 15.0 Å². The molecule has 19 heavy (non-hydrogen) atoms. The molecular formula is C15H28N2O2. The van der Waals surface area contributed by atoms with E-state index >= 15 is 0 Å². The van der Waals surface area contributed by atoms with E-state index in [1.54, 1.807) is 0 Å². The third kappa shape index (κ3) is 2.95. The summed E-state index contributed by atoms with van der Waals surface area (Å²) < 4.78 is 0. The minimum Gasteiger partial charge on any atom is -0.480 e. The van der Waals surface area contributed by atoms with Gasteiger partial charge in [-0.25, -0.2) is 0 Å². The Balaban J connectivity index is 2.05. The fourth-order valence-corrected chi connectivity index (χ4v) is 3.10. The molecule has 0 aromatic rings. The van der Waals surface area contributed by atoms with E-state index in [9.17, 15) is 9.90 Å². The lowest BCUT2D eigenvalue weighted by Crippen LogP contribution is -2.53. The average Bonchev–Trinajstić information content (AvgIpc) is 3.05. The van der Waals surface area contributed by atoms with Gasteiger partial charge in [0.05, 0.1) is 0 Å². The molecule has 0 amide bonds. The van der Waals surface area contributed by atoms with E-state index in [1.165, 1.54) is 0 Å². The number of carboxylic acid groups (broad SMARTS) is 1. The standard InChI is InChI=1S/C15H28N2O2/c1-5-14(2,3)17(4)12-8-9-15(10-12,13(18)19)16-11-6-7-11/h11-12,16H,5-10H2,1-4H3,(H,18,19). The molecule has 0 radical (unpaired) electrons. The van der Waals surface area contributed by atoms with Crippen LogP contribution in [0.1, 0.15) is 59.3 Å². The Morgan fingerprint density at radius 2 is 2.05 bits per heavy atom. The molecule has 0 aliphatic heterocycles. The zero-order chi connectivity index (χ0) is 14.3. The van der Waals surface area contributed by atoms with Gasteiger partial charge in [0.15, 0.2) is 0 Å². The summed E-state index contributed by atoms with van der Waals surface area (Å²) in [6.07, 6.45) is 5.82. The highest BCUT2D eigenvalue weighted by molar-refractivity contribution is 5.79. The van der Waals surface area contributed by atoms with Gasteiger partial charge in [-0.05, 0) is 59.4 Å². The first-order valence-corrected chi connectivity index (χ1v) is 7.55. The number of rotatable bonds is 6. The second-order valence-electron chi connectivity index (χ2n) is 6.98. The van der Waals surface area contributed by atoms with Crippen molar-refractivity contribution in [3.05, 3.63) is 0 Å². The van der Waals surface area contributed by atoms with Gasteiger partial charge in [0.2, 0.25) is 0 Å². The van der Waals surface area contributed by atoms with Crippen LogP contribution in [0.4, 0.5) is 0 Å². The van der Waals surface area contributed by atoms with Gasteiger partial charge in [-0.1, -0.05) is 6.92 Å². The van der Waals surface area contributed by atoms with Crippen LogP contribution in [0.25, 0.3) is 0 Å². The smallest absolute Gasteiger partial charge is 0.323 e.